The Morgan fingerprint density at radius 1 is 1.17 bits per heavy atom. The molecule has 0 saturated carbocycles. The first-order valence-electron chi connectivity index (χ1n) is 8.59. The number of hydrogen-bond donors (Lipinski definition) is 2. The molecular weight excluding hydrogens is 403 g/mol. The van der Waals surface area contributed by atoms with Crippen molar-refractivity contribution in [1.82, 2.24) is 10.6 Å². The minimum Gasteiger partial charge on any atom is -0.493 e. The second-order valence-electron chi connectivity index (χ2n) is 6.23. The zero-order valence-electron chi connectivity index (χ0n) is 15.5. The van der Waals surface area contributed by atoms with Crippen LogP contribution in [0.4, 0.5) is 26.7 Å². The number of rotatable bonds is 7. The van der Waals surface area contributed by atoms with Crippen LogP contribution in [0.3, 0.4) is 0 Å². The molecule has 1 aromatic carbocycles. The molecule has 29 heavy (non-hydrogen) atoms. The Morgan fingerprint density at radius 3 is 2.45 bits per heavy atom. The maximum absolute atomic E-state index is 13.1. The Labute approximate surface area is 163 Å². The summed E-state index contributed by atoms with van der Waals surface area (Å²) in [6.07, 6.45) is -5.20. The van der Waals surface area contributed by atoms with Gasteiger partial charge in [0.25, 0.3) is 0 Å². The number of nitrogens with one attached hydrogen (secondary N) is 2. The van der Waals surface area contributed by atoms with E-state index in [2.05, 4.69) is 15.4 Å². The number of halogens is 5. The number of hydrogen-bond acceptors (Lipinski definition) is 4. The summed E-state index contributed by atoms with van der Waals surface area (Å²) in [6, 6.07) is 4.51. The van der Waals surface area contributed by atoms with Gasteiger partial charge < -0.3 is 20.1 Å². The molecule has 1 unspecified atom stereocenters. The molecule has 2 amide bonds. The van der Waals surface area contributed by atoms with E-state index in [9.17, 15) is 31.5 Å². The highest BCUT2D eigenvalue weighted by molar-refractivity contribution is 5.95. The molecule has 0 aromatic heterocycles. The summed E-state index contributed by atoms with van der Waals surface area (Å²) in [5.74, 6) is -6.31. The van der Waals surface area contributed by atoms with Gasteiger partial charge in [0.15, 0.2) is 6.61 Å². The van der Waals surface area contributed by atoms with Crippen molar-refractivity contribution >= 4 is 12.0 Å². The predicted octanol–water partition coefficient (Wildman–Crippen LogP) is 3.84. The molecule has 0 aliphatic carbocycles. The number of benzene rings is 1. The topological polar surface area (TPSA) is 76.7 Å². The Balaban J connectivity index is 2.34. The largest absolute Gasteiger partial charge is 0.493 e. The van der Waals surface area contributed by atoms with Gasteiger partial charge in [-0.25, -0.2) is 9.59 Å². The Hall–Kier alpha value is -2.85. The maximum Gasteiger partial charge on any atom is 0.456 e. The standard InChI is InChI=1S/C18H19F5N2O4/c1-3-8-28-12-7-5-4-6-11(12)14-13(10(2)24-16(27)25-14)15(26)29-9-17(19,20)18(21,22)23/h4-7,14H,3,8-9H2,1-2H3,(H2,24,25,27). The molecule has 11 heteroatoms. The lowest BCUT2D eigenvalue weighted by Gasteiger charge is -2.29. The molecule has 1 aromatic rings. The SMILES string of the molecule is CCCOc1ccccc1C1NC(=O)NC(C)=C1C(=O)OCC(F)(F)C(F)(F)F. The Kier molecular flexibility index (Phi) is 6.70. The normalized spacial score (nSPS) is 17.5. The summed E-state index contributed by atoms with van der Waals surface area (Å²) >= 11 is 0. The third kappa shape index (κ3) is 5.15. The van der Waals surface area contributed by atoms with Crippen molar-refractivity contribution < 1.29 is 41.0 Å². The summed E-state index contributed by atoms with van der Waals surface area (Å²) in [5, 5.41) is 4.72. The summed E-state index contributed by atoms with van der Waals surface area (Å²) in [6.45, 7) is 1.32. The molecular formula is C18H19F5N2O4. The van der Waals surface area contributed by atoms with Crippen molar-refractivity contribution in [2.24, 2.45) is 0 Å². The first-order chi connectivity index (χ1) is 13.5. The van der Waals surface area contributed by atoms with E-state index >= 15 is 0 Å². The highest BCUT2D eigenvalue weighted by Crippen LogP contribution is 2.37. The van der Waals surface area contributed by atoms with Gasteiger partial charge >= 0.3 is 24.1 Å². The monoisotopic (exact) mass is 422 g/mol. The maximum atomic E-state index is 13.1. The number of ether oxygens (including phenoxy) is 2. The van der Waals surface area contributed by atoms with Gasteiger partial charge in [-0.1, -0.05) is 25.1 Å². The van der Waals surface area contributed by atoms with Crippen LogP contribution >= 0.6 is 0 Å². The fourth-order valence-corrected chi connectivity index (χ4v) is 2.58. The molecule has 2 N–H and O–H groups in total. The van der Waals surface area contributed by atoms with Crippen LogP contribution in [-0.4, -0.2) is 37.3 Å². The third-order valence-corrected chi connectivity index (χ3v) is 3.98. The summed E-state index contributed by atoms with van der Waals surface area (Å²) in [7, 11) is 0. The van der Waals surface area contributed by atoms with E-state index in [0.29, 0.717) is 24.3 Å². The number of carbonyl (C=O) groups is 2. The van der Waals surface area contributed by atoms with E-state index in [4.69, 9.17) is 4.74 Å². The lowest BCUT2D eigenvalue weighted by molar-refractivity contribution is -0.293. The average molecular weight is 422 g/mol. The first-order valence-corrected chi connectivity index (χ1v) is 8.59. The number of allylic oxidation sites excluding steroid dienone is 1. The number of amides is 2. The molecule has 2 rings (SSSR count). The van der Waals surface area contributed by atoms with Gasteiger partial charge in [0.1, 0.15) is 5.75 Å². The lowest BCUT2D eigenvalue weighted by Crippen LogP contribution is -2.46. The van der Waals surface area contributed by atoms with Gasteiger partial charge in [-0.3, -0.25) is 0 Å². The summed E-state index contributed by atoms with van der Waals surface area (Å²) in [4.78, 5) is 24.3. The highest BCUT2D eigenvalue weighted by Gasteiger charge is 2.58. The van der Waals surface area contributed by atoms with E-state index < -0.39 is 36.7 Å². The molecule has 0 radical (unpaired) electrons. The van der Waals surface area contributed by atoms with Crippen molar-refractivity contribution in [2.45, 2.75) is 38.4 Å². The van der Waals surface area contributed by atoms with Crippen LogP contribution in [0, 0.1) is 0 Å². The van der Waals surface area contributed by atoms with Crippen LogP contribution in [0.25, 0.3) is 0 Å². The molecule has 0 bridgehead atoms. The van der Waals surface area contributed by atoms with Crippen LogP contribution in [0.15, 0.2) is 35.5 Å². The second-order valence-corrected chi connectivity index (χ2v) is 6.23. The molecule has 160 valence electrons. The van der Waals surface area contributed by atoms with Crippen molar-refractivity contribution in [1.29, 1.82) is 0 Å². The molecule has 1 atom stereocenters. The molecule has 1 aliphatic heterocycles. The number of carbonyl (C=O) groups excluding carboxylic acids is 2. The summed E-state index contributed by atoms with van der Waals surface area (Å²) < 4.78 is 73.1. The number of alkyl halides is 5. The van der Waals surface area contributed by atoms with E-state index in [-0.39, 0.29) is 11.3 Å². The number of urea groups is 1. The number of esters is 1. The van der Waals surface area contributed by atoms with Gasteiger partial charge in [-0.15, -0.1) is 0 Å². The van der Waals surface area contributed by atoms with Gasteiger partial charge in [0.05, 0.1) is 18.2 Å². The van der Waals surface area contributed by atoms with Crippen LogP contribution in [0.2, 0.25) is 0 Å². The van der Waals surface area contributed by atoms with Gasteiger partial charge in [0, 0.05) is 11.3 Å². The van der Waals surface area contributed by atoms with E-state index in [1.807, 2.05) is 6.92 Å². The van der Waals surface area contributed by atoms with E-state index in [1.54, 1.807) is 18.2 Å². The van der Waals surface area contributed by atoms with Crippen molar-refractivity contribution in [3.63, 3.8) is 0 Å². The average Bonchev–Trinajstić information content (AvgIpc) is 2.63. The van der Waals surface area contributed by atoms with Crippen molar-refractivity contribution in [3.05, 3.63) is 41.1 Å². The van der Waals surface area contributed by atoms with Crippen LogP contribution < -0.4 is 15.4 Å². The van der Waals surface area contributed by atoms with Gasteiger partial charge in [0.2, 0.25) is 0 Å². The van der Waals surface area contributed by atoms with Gasteiger partial charge in [-0.2, -0.15) is 22.0 Å². The minimum absolute atomic E-state index is 0.0376. The Morgan fingerprint density at radius 2 is 1.83 bits per heavy atom. The predicted molar refractivity (Wildman–Crippen MR) is 91.3 cm³/mol. The molecule has 0 spiro atoms. The van der Waals surface area contributed by atoms with E-state index in [1.165, 1.54) is 13.0 Å². The van der Waals surface area contributed by atoms with E-state index in [0.717, 1.165) is 0 Å². The quantitative estimate of drug-likeness (QED) is 0.517. The molecule has 0 fully saturated rings. The van der Waals surface area contributed by atoms with Crippen molar-refractivity contribution in [2.75, 3.05) is 13.2 Å². The lowest BCUT2D eigenvalue weighted by atomic mass is 9.95. The molecule has 1 aliphatic rings. The smallest absolute Gasteiger partial charge is 0.456 e. The third-order valence-electron chi connectivity index (χ3n) is 3.98. The number of para-hydroxylation sites is 1. The van der Waals surface area contributed by atoms with Crippen LogP contribution in [0.1, 0.15) is 31.9 Å². The second kappa shape index (κ2) is 8.66. The fraction of sp³-hybridized carbons (Fsp3) is 0.444. The van der Waals surface area contributed by atoms with Crippen LogP contribution in [-0.2, 0) is 9.53 Å². The molecule has 6 nitrogen and oxygen atoms in total. The van der Waals surface area contributed by atoms with Crippen molar-refractivity contribution in [3.8, 4) is 5.75 Å². The fourth-order valence-electron chi connectivity index (χ4n) is 2.58. The van der Waals surface area contributed by atoms with Crippen LogP contribution in [0.5, 0.6) is 5.75 Å². The molecule has 1 heterocycles. The zero-order chi connectivity index (χ0) is 21.8. The summed E-state index contributed by atoms with van der Waals surface area (Å²) in [5.41, 5.74) is -0.0239. The Bertz CT molecular complexity index is 808. The minimum atomic E-state index is -5.87. The first kappa shape index (κ1) is 22.4. The molecule has 0 saturated heterocycles. The van der Waals surface area contributed by atoms with Gasteiger partial charge in [-0.05, 0) is 19.4 Å². The highest BCUT2D eigenvalue weighted by atomic mass is 19.4. The zero-order valence-corrected chi connectivity index (χ0v) is 15.5.